The number of unbranched alkanes of at least 4 members (excludes halogenated alkanes) is 3. The molecule has 1 aliphatic carbocycles. The van der Waals surface area contributed by atoms with Gasteiger partial charge in [0.15, 0.2) is 0 Å². The van der Waals surface area contributed by atoms with Crippen molar-refractivity contribution in [2.45, 2.75) is 88.9 Å². The van der Waals surface area contributed by atoms with Crippen LogP contribution >= 0.6 is 0 Å². The van der Waals surface area contributed by atoms with Crippen LogP contribution in [0.3, 0.4) is 0 Å². The molecule has 1 fully saturated rings. The van der Waals surface area contributed by atoms with Crippen LogP contribution in [0.15, 0.2) is 24.3 Å². The summed E-state index contributed by atoms with van der Waals surface area (Å²) in [6, 6.07) is 8.64. The van der Waals surface area contributed by atoms with Crippen LogP contribution in [0.2, 0.25) is 0 Å². The summed E-state index contributed by atoms with van der Waals surface area (Å²) in [4.78, 5) is 12.9. The molecular formula is C26H43NO5. The summed E-state index contributed by atoms with van der Waals surface area (Å²) in [5.74, 6) is 0.438. The first-order valence-corrected chi connectivity index (χ1v) is 12.2. The van der Waals surface area contributed by atoms with Crippen LogP contribution < -0.4 is 4.74 Å². The summed E-state index contributed by atoms with van der Waals surface area (Å²) in [5.41, 5.74) is 1.27. The Morgan fingerprint density at radius 2 is 1.75 bits per heavy atom. The highest BCUT2D eigenvalue weighted by molar-refractivity contribution is 5.66. The van der Waals surface area contributed by atoms with Crippen molar-refractivity contribution in [1.82, 2.24) is 4.90 Å². The van der Waals surface area contributed by atoms with Crippen LogP contribution in [-0.4, -0.2) is 65.6 Å². The number of aliphatic carboxylic acids is 1. The van der Waals surface area contributed by atoms with Crippen molar-refractivity contribution in [3.05, 3.63) is 29.8 Å². The maximum atomic E-state index is 10.6. The molecule has 182 valence electrons. The van der Waals surface area contributed by atoms with E-state index < -0.39 is 18.2 Å². The van der Waals surface area contributed by atoms with E-state index in [1.54, 1.807) is 7.11 Å². The zero-order chi connectivity index (χ0) is 23.5. The molecule has 3 N–H and O–H groups in total. The van der Waals surface area contributed by atoms with Gasteiger partial charge in [-0.25, -0.2) is 0 Å². The number of carbonyl (C=O) groups is 1. The number of hydrogen-bond acceptors (Lipinski definition) is 5. The fourth-order valence-electron chi connectivity index (χ4n) is 5.20. The van der Waals surface area contributed by atoms with E-state index in [2.05, 4.69) is 31.1 Å². The van der Waals surface area contributed by atoms with E-state index in [-0.39, 0.29) is 18.3 Å². The molecule has 1 aliphatic rings. The second kappa shape index (κ2) is 13.8. The molecule has 5 atom stereocenters. The van der Waals surface area contributed by atoms with Gasteiger partial charge in [-0.15, -0.1) is 0 Å². The van der Waals surface area contributed by atoms with Crippen molar-refractivity contribution in [3.8, 4) is 5.75 Å². The van der Waals surface area contributed by atoms with Gasteiger partial charge in [-0.05, 0) is 88.6 Å². The molecular weight excluding hydrogens is 406 g/mol. The minimum Gasteiger partial charge on any atom is -0.497 e. The summed E-state index contributed by atoms with van der Waals surface area (Å²) in [6.07, 6.45) is 8.30. The largest absolute Gasteiger partial charge is 0.497 e. The number of carboxylic acids is 1. The fourth-order valence-corrected chi connectivity index (χ4v) is 5.20. The normalized spacial score (nSPS) is 24.1. The highest BCUT2D eigenvalue weighted by atomic mass is 16.5. The number of nitrogens with zero attached hydrogens (tertiary/aromatic N) is 1. The van der Waals surface area contributed by atoms with Crippen molar-refractivity contribution in [3.63, 3.8) is 0 Å². The minimum atomic E-state index is -0.735. The van der Waals surface area contributed by atoms with E-state index in [4.69, 9.17) is 9.84 Å². The number of methoxy groups -OCH3 is 1. The number of carboxylic acid groups (broad SMARTS) is 1. The average molecular weight is 450 g/mol. The van der Waals surface area contributed by atoms with Crippen molar-refractivity contribution >= 4 is 5.97 Å². The molecule has 1 saturated carbocycles. The molecule has 1 aromatic rings. The maximum absolute atomic E-state index is 10.6. The Balaban J connectivity index is 1.82. The Morgan fingerprint density at radius 3 is 2.41 bits per heavy atom. The average Bonchev–Trinajstić information content (AvgIpc) is 3.02. The van der Waals surface area contributed by atoms with Crippen LogP contribution in [0.4, 0.5) is 0 Å². The molecule has 32 heavy (non-hydrogen) atoms. The highest BCUT2D eigenvalue weighted by Gasteiger charge is 2.40. The molecule has 0 heterocycles. The van der Waals surface area contributed by atoms with E-state index in [0.717, 1.165) is 57.1 Å². The lowest BCUT2D eigenvalue weighted by Crippen LogP contribution is -2.31. The lowest BCUT2D eigenvalue weighted by Gasteiger charge is -2.29. The van der Waals surface area contributed by atoms with Crippen LogP contribution in [0.5, 0.6) is 5.75 Å². The van der Waals surface area contributed by atoms with Crippen molar-refractivity contribution in [1.29, 1.82) is 0 Å². The number of aliphatic hydroxyl groups is 2. The van der Waals surface area contributed by atoms with Crippen LogP contribution in [0.25, 0.3) is 0 Å². The number of aryl methyl sites for hydroxylation is 1. The molecule has 6 heteroatoms. The molecule has 0 radical (unpaired) electrons. The van der Waals surface area contributed by atoms with Gasteiger partial charge in [-0.1, -0.05) is 31.4 Å². The molecule has 0 saturated heterocycles. The molecule has 0 spiro atoms. The van der Waals surface area contributed by atoms with Crippen LogP contribution in [-0.2, 0) is 11.2 Å². The highest BCUT2D eigenvalue weighted by Crippen LogP contribution is 2.39. The summed E-state index contributed by atoms with van der Waals surface area (Å²) in [6.45, 7) is 0. The predicted octanol–water partition coefficient (Wildman–Crippen LogP) is 4.12. The number of benzene rings is 1. The Hall–Kier alpha value is -1.63. The van der Waals surface area contributed by atoms with Crippen LogP contribution in [0.1, 0.15) is 69.8 Å². The first-order chi connectivity index (χ1) is 15.3. The Bertz CT molecular complexity index is 680. The fraction of sp³-hybridized carbons (Fsp3) is 0.731. The van der Waals surface area contributed by atoms with Crippen molar-refractivity contribution in [2.75, 3.05) is 21.2 Å². The van der Waals surface area contributed by atoms with Gasteiger partial charge in [0.25, 0.3) is 0 Å². The second-order valence-corrected chi connectivity index (χ2v) is 9.63. The third kappa shape index (κ3) is 8.72. The number of aliphatic hydroxyl groups excluding tert-OH is 2. The summed E-state index contributed by atoms with van der Waals surface area (Å²) < 4.78 is 5.33. The molecule has 6 nitrogen and oxygen atoms in total. The van der Waals surface area contributed by atoms with Gasteiger partial charge in [-0.3, -0.25) is 4.79 Å². The molecule has 2 rings (SSSR count). The summed E-state index contributed by atoms with van der Waals surface area (Å²) in [7, 11) is 5.92. The van der Waals surface area contributed by atoms with E-state index in [0.29, 0.717) is 18.9 Å². The zero-order valence-electron chi connectivity index (χ0n) is 20.1. The third-order valence-corrected chi connectivity index (χ3v) is 7.16. The van der Waals surface area contributed by atoms with E-state index in [1.807, 2.05) is 12.1 Å². The lowest BCUT2D eigenvalue weighted by molar-refractivity contribution is -0.137. The Labute approximate surface area is 193 Å². The minimum absolute atomic E-state index is 0.142. The number of hydrogen-bond donors (Lipinski definition) is 3. The Morgan fingerprint density at radius 1 is 1.06 bits per heavy atom. The van der Waals surface area contributed by atoms with Gasteiger partial charge in [0, 0.05) is 12.5 Å². The topological polar surface area (TPSA) is 90.2 Å². The smallest absolute Gasteiger partial charge is 0.303 e. The first-order valence-electron chi connectivity index (χ1n) is 12.2. The monoisotopic (exact) mass is 449 g/mol. The van der Waals surface area contributed by atoms with Gasteiger partial charge in [-0.2, -0.15) is 0 Å². The SMILES string of the molecule is COc1cccc(CCC(CCC2C(O)CC(O)C2CCCCCCC(=O)O)N(C)C)c1. The first kappa shape index (κ1) is 26.6. The lowest BCUT2D eigenvalue weighted by atomic mass is 9.84. The zero-order valence-corrected chi connectivity index (χ0v) is 20.1. The number of ether oxygens (including phenoxy) is 1. The van der Waals surface area contributed by atoms with E-state index in [1.165, 1.54) is 5.56 Å². The molecule has 5 unspecified atom stereocenters. The van der Waals surface area contributed by atoms with Gasteiger partial charge >= 0.3 is 5.97 Å². The van der Waals surface area contributed by atoms with Crippen LogP contribution in [0, 0.1) is 11.8 Å². The summed E-state index contributed by atoms with van der Waals surface area (Å²) >= 11 is 0. The van der Waals surface area contributed by atoms with Gasteiger partial charge in [0.05, 0.1) is 19.3 Å². The van der Waals surface area contributed by atoms with Gasteiger partial charge in [0.2, 0.25) is 0 Å². The summed E-state index contributed by atoms with van der Waals surface area (Å²) in [5, 5.41) is 29.9. The quantitative estimate of drug-likeness (QED) is 0.349. The molecule has 0 aliphatic heterocycles. The standard InChI is InChI=1S/C26H43NO5/c1-27(2)20(14-13-19-9-8-10-21(17-19)32-3)15-16-23-22(24(28)18-25(23)29)11-6-4-5-7-12-26(30)31/h8-10,17,20,22-25,28-29H,4-7,11-16,18H2,1-3H3,(H,30,31). The predicted molar refractivity (Wildman–Crippen MR) is 127 cm³/mol. The van der Waals surface area contributed by atoms with Gasteiger partial charge < -0.3 is 25.0 Å². The molecule has 1 aromatic carbocycles. The molecule has 0 amide bonds. The van der Waals surface area contributed by atoms with Gasteiger partial charge in [0.1, 0.15) is 5.75 Å². The maximum Gasteiger partial charge on any atom is 0.303 e. The molecule has 0 aromatic heterocycles. The number of rotatable bonds is 15. The Kier molecular flexibility index (Phi) is 11.5. The van der Waals surface area contributed by atoms with Crippen molar-refractivity contribution in [2.24, 2.45) is 11.8 Å². The van der Waals surface area contributed by atoms with Crippen molar-refractivity contribution < 1.29 is 24.9 Å². The second-order valence-electron chi connectivity index (χ2n) is 9.63. The van der Waals surface area contributed by atoms with E-state index >= 15 is 0 Å². The third-order valence-electron chi connectivity index (χ3n) is 7.16. The van der Waals surface area contributed by atoms with E-state index in [9.17, 15) is 15.0 Å². The molecule has 0 bridgehead atoms.